The van der Waals surface area contributed by atoms with Crippen molar-refractivity contribution < 1.29 is 4.79 Å². The zero-order valence-corrected chi connectivity index (χ0v) is 14.3. The molecule has 1 unspecified atom stereocenters. The molecule has 1 atom stereocenters. The quantitative estimate of drug-likeness (QED) is 0.892. The van der Waals surface area contributed by atoms with Crippen molar-refractivity contribution in [3.05, 3.63) is 46.2 Å². The Morgan fingerprint density at radius 1 is 1.36 bits per heavy atom. The maximum Gasteiger partial charge on any atom is 0.257 e. The Hall–Kier alpha value is -1.66. The number of amides is 1. The van der Waals surface area contributed by atoms with Gasteiger partial charge >= 0.3 is 0 Å². The SMILES string of the molecule is Cc1c(C(=O)N2CCNCC2C)cnn1-c1ccc(Br)cc1. The molecular weight excluding hydrogens is 344 g/mol. The predicted molar refractivity (Wildman–Crippen MR) is 89.4 cm³/mol. The lowest BCUT2D eigenvalue weighted by Gasteiger charge is -2.33. The number of aromatic nitrogens is 2. The number of carbonyl (C=O) groups excluding carboxylic acids is 1. The Bertz CT molecular complexity index is 680. The number of hydrogen-bond acceptors (Lipinski definition) is 3. The third-order valence-electron chi connectivity index (χ3n) is 4.07. The Balaban J connectivity index is 1.89. The molecule has 3 rings (SSSR count). The van der Waals surface area contributed by atoms with Gasteiger partial charge in [-0.05, 0) is 38.1 Å². The maximum absolute atomic E-state index is 12.8. The van der Waals surface area contributed by atoms with Crippen LogP contribution in [0.25, 0.3) is 5.69 Å². The van der Waals surface area contributed by atoms with Crippen LogP contribution in [0.4, 0.5) is 0 Å². The summed E-state index contributed by atoms with van der Waals surface area (Å²) in [5.74, 6) is 0.0647. The maximum atomic E-state index is 12.8. The van der Waals surface area contributed by atoms with E-state index in [0.29, 0.717) is 5.56 Å². The van der Waals surface area contributed by atoms with Crippen LogP contribution in [0.3, 0.4) is 0 Å². The number of nitrogens with zero attached hydrogens (tertiary/aromatic N) is 3. The zero-order chi connectivity index (χ0) is 15.7. The standard InChI is InChI=1S/C16H19BrN4O/c1-11-9-18-7-8-20(11)16(22)15-10-19-21(12(15)2)14-5-3-13(17)4-6-14/h3-6,10-11,18H,7-9H2,1-2H3. The van der Waals surface area contributed by atoms with Gasteiger partial charge in [0.05, 0.1) is 23.1 Å². The average Bonchev–Trinajstić information content (AvgIpc) is 2.90. The van der Waals surface area contributed by atoms with Gasteiger partial charge in [0.25, 0.3) is 5.91 Å². The van der Waals surface area contributed by atoms with E-state index in [2.05, 4.69) is 33.3 Å². The van der Waals surface area contributed by atoms with Gasteiger partial charge in [-0.2, -0.15) is 5.10 Å². The van der Waals surface area contributed by atoms with E-state index < -0.39 is 0 Å². The van der Waals surface area contributed by atoms with E-state index in [1.807, 2.05) is 40.8 Å². The molecule has 1 N–H and O–H groups in total. The fraction of sp³-hybridized carbons (Fsp3) is 0.375. The fourth-order valence-electron chi connectivity index (χ4n) is 2.76. The minimum Gasteiger partial charge on any atom is -0.333 e. The zero-order valence-electron chi connectivity index (χ0n) is 12.7. The molecule has 1 saturated heterocycles. The molecule has 2 aromatic rings. The van der Waals surface area contributed by atoms with Crippen LogP contribution in [-0.4, -0.2) is 46.3 Å². The van der Waals surface area contributed by atoms with Gasteiger partial charge in [-0.3, -0.25) is 4.79 Å². The summed E-state index contributed by atoms with van der Waals surface area (Å²) in [5, 5.41) is 7.70. The molecule has 1 aliphatic rings. The first-order chi connectivity index (χ1) is 10.6. The third kappa shape index (κ3) is 2.80. The highest BCUT2D eigenvalue weighted by molar-refractivity contribution is 9.10. The molecule has 22 heavy (non-hydrogen) atoms. The molecule has 0 radical (unpaired) electrons. The van der Waals surface area contributed by atoms with E-state index in [1.54, 1.807) is 6.20 Å². The van der Waals surface area contributed by atoms with E-state index in [1.165, 1.54) is 0 Å². The molecular formula is C16H19BrN4O. The van der Waals surface area contributed by atoms with Crippen molar-refractivity contribution in [3.63, 3.8) is 0 Å². The highest BCUT2D eigenvalue weighted by Crippen LogP contribution is 2.19. The highest BCUT2D eigenvalue weighted by Gasteiger charge is 2.26. The molecule has 6 heteroatoms. The lowest BCUT2D eigenvalue weighted by molar-refractivity contribution is 0.0655. The summed E-state index contributed by atoms with van der Waals surface area (Å²) in [6, 6.07) is 8.10. The number of nitrogens with one attached hydrogen (secondary N) is 1. The summed E-state index contributed by atoms with van der Waals surface area (Å²) in [7, 11) is 0. The smallest absolute Gasteiger partial charge is 0.257 e. The van der Waals surface area contributed by atoms with E-state index >= 15 is 0 Å². The summed E-state index contributed by atoms with van der Waals surface area (Å²) in [5.41, 5.74) is 2.50. The molecule has 1 aromatic carbocycles. The molecule has 116 valence electrons. The van der Waals surface area contributed by atoms with Gasteiger partial charge in [0.1, 0.15) is 0 Å². The minimum absolute atomic E-state index is 0.0647. The second-order valence-electron chi connectivity index (χ2n) is 5.58. The average molecular weight is 363 g/mol. The van der Waals surface area contributed by atoms with E-state index in [4.69, 9.17) is 0 Å². The Morgan fingerprint density at radius 2 is 2.09 bits per heavy atom. The van der Waals surface area contributed by atoms with Crippen LogP contribution in [0.1, 0.15) is 23.0 Å². The molecule has 5 nitrogen and oxygen atoms in total. The van der Waals surface area contributed by atoms with Gasteiger partial charge < -0.3 is 10.2 Å². The van der Waals surface area contributed by atoms with Crippen LogP contribution in [-0.2, 0) is 0 Å². The number of carbonyl (C=O) groups is 1. The molecule has 0 saturated carbocycles. The first kappa shape index (κ1) is 15.2. The number of piperazine rings is 1. The van der Waals surface area contributed by atoms with Crippen LogP contribution in [0, 0.1) is 6.92 Å². The van der Waals surface area contributed by atoms with Gasteiger partial charge in [-0.1, -0.05) is 15.9 Å². The Kier molecular flexibility index (Phi) is 4.31. The lowest BCUT2D eigenvalue weighted by atomic mass is 10.1. The number of benzene rings is 1. The minimum atomic E-state index is 0.0647. The molecule has 1 amide bonds. The molecule has 1 aromatic heterocycles. The summed E-state index contributed by atoms with van der Waals surface area (Å²) in [6.45, 7) is 6.43. The van der Waals surface area contributed by atoms with Crippen LogP contribution in [0.5, 0.6) is 0 Å². The molecule has 0 spiro atoms. The number of hydrogen-bond donors (Lipinski definition) is 1. The van der Waals surface area contributed by atoms with Crippen LogP contribution in [0.2, 0.25) is 0 Å². The number of halogens is 1. The summed E-state index contributed by atoms with van der Waals surface area (Å²) in [4.78, 5) is 14.7. The van der Waals surface area contributed by atoms with Crippen LogP contribution < -0.4 is 5.32 Å². The summed E-state index contributed by atoms with van der Waals surface area (Å²) < 4.78 is 2.83. The normalized spacial score (nSPS) is 18.5. The molecule has 1 fully saturated rings. The van der Waals surface area contributed by atoms with E-state index in [-0.39, 0.29) is 11.9 Å². The monoisotopic (exact) mass is 362 g/mol. The predicted octanol–water partition coefficient (Wildman–Crippen LogP) is 2.38. The first-order valence-electron chi connectivity index (χ1n) is 7.40. The topological polar surface area (TPSA) is 50.2 Å². The van der Waals surface area contributed by atoms with Crippen molar-refractivity contribution in [3.8, 4) is 5.69 Å². The highest BCUT2D eigenvalue weighted by atomic mass is 79.9. The van der Waals surface area contributed by atoms with Crippen molar-refractivity contribution in [1.82, 2.24) is 20.0 Å². The van der Waals surface area contributed by atoms with Crippen molar-refractivity contribution >= 4 is 21.8 Å². The number of rotatable bonds is 2. The van der Waals surface area contributed by atoms with Gasteiger partial charge in [-0.25, -0.2) is 4.68 Å². The molecule has 1 aliphatic heterocycles. The Morgan fingerprint density at radius 3 is 2.77 bits per heavy atom. The summed E-state index contributed by atoms with van der Waals surface area (Å²) >= 11 is 3.43. The molecule has 2 heterocycles. The largest absolute Gasteiger partial charge is 0.333 e. The van der Waals surface area contributed by atoms with Crippen molar-refractivity contribution in [2.45, 2.75) is 19.9 Å². The van der Waals surface area contributed by atoms with Gasteiger partial charge in [-0.15, -0.1) is 0 Å². The molecule has 0 aliphatic carbocycles. The van der Waals surface area contributed by atoms with E-state index in [0.717, 1.165) is 35.5 Å². The molecule has 0 bridgehead atoms. The van der Waals surface area contributed by atoms with Gasteiger partial charge in [0.2, 0.25) is 0 Å². The second-order valence-corrected chi connectivity index (χ2v) is 6.50. The van der Waals surface area contributed by atoms with Crippen molar-refractivity contribution in [2.75, 3.05) is 19.6 Å². The first-order valence-corrected chi connectivity index (χ1v) is 8.19. The summed E-state index contributed by atoms with van der Waals surface area (Å²) in [6.07, 6.45) is 1.68. The van der Waals surface area contributed by atoms with Gasteiger partial charge in [0, 0.05) is 30.1 Å². The van der Waals surface area contributed by atoms with Crippen molar-refractivity contribution in [2.24, 2.45) is 0 Å². The lowest BCUT2D eigenvalue weighted by Crippen LogP contribution is -2.52. The van der Waals surface area contributed by atoms with E-state index in [9.17, 15) is 4.79 Å². The van der Waals surface area contributed by atoms with Crippen LogP contribution in [0.15, 0.2) is 34.9 Å². The third-order valence-corrected chi connectivity index (χ3v) is 4.60. The fourth-order valence-corrected chi connectivity index (χ4v) is 3.02. The van der Waals surface area contributed by atoms with Crippen molar-refractivity contribution in [1.29, 1.82) is 0 Å². The van der Waals surface area contributed by atoms with Gasteiger partial charge in [0.15, 0.2) is 0 Å². The Labute approximate surface area is 138 Å². The second kappa shape index (κ2) is 6.22. The van der Waals surface area contributed by atoms with Crippen LogP contribution >= 0.6 is 15.9 Å².